The van der Waals surface area contributed by atoms with Crippen LogP contribution in [0.2, 0.25) is 0 Å². The highest BCUT2D eigenvalue weighted by molar-refractivity contribution is 5.58. The van der Waals surface area contributed by atoms with Crippen LogP contribution in [0.15, 0.2) is 18.2 Å². The van der Waals surface area contributed by atoms with E-state index in [4.69, 9.17) is 5.21 Å². The first-order chi connectivity index (χ1) is 6.66. The first-order valence-electron chi connectivity index (χ1n) is 4.90. The van der Waals surface area contributed by atoms with Crippen molar-refractivity contribution in [3.8, 4) is 0 Å². The van der Waals surface area contributed by atoms with Crippen LogP contribution in [0.5, 0.6) is 0 Å². The molecule has 0 saturated carbocycles. The summed E-state index contributed by atoms with van der Waals surface area (Å²) in [5, 5.41) is 10.3. The number of rotatable bonds is 2. The van der Waals surface area contributed by atoms with E-state index < -0.39 is 0 Å². The summed E-state index contributed by atoms with van der Waals surface area (Å²) in [5.41, 5.74) is 3.89. The van der Waals surface area contributed by atoms with E-state index in [1.807, 2.05) is 0 Å². The monoisotopic (exact) mass is 192 g/mol. The SMILES string of the molecule is CN(O)Cc1ccc2c(c1)CCN2C. The van der Waals surface area contributed by atoms with Crippen LogP contribution in [0.25, 0.3) is 0 Å². The fraction of sp³-hybridized carbons (Fsp3) is 0.455. The lowest BCUT2D eigenvalue weighted by Gasteiger charge is -2.13. The summed E-state index contributed by atoms with van der Waals surface area (Å²) in [6.45, 7) is 1.70. The van der Waals surface area contributed by atoms with Crippen LogP contribution in [0, 0.1) is 0 Å². The zero-order valence-corrected chi connectivity index (χ0v) is 8.70. The first kappa shape index (κ1) is 9.49. The fourth-order valence-corrected chi connectivity index (χ4v) is 1.98. The molecule has 1 N–H and O–H groups in total. The molecule has 0 radical (unpaired) electrons. The normalized spacial score (nSPS) is 15.0. The lowest BCUT2D eigenvalue weighted by Crippen LogP contribution is -2.13. The molecular formula is C11H16N2O. The Hall–Kier alpha value is -1.06. The van der Waals surface area contributed by atoms with E-state index in [1.165, 1.54) is 21.9 Å². The van der Waals surface area contributed by atoms with Crippen molar-refractivity contribution in [3.05, 3.63) is 29.3 Å². The second-order valence-corrected chi connectivity index (χ2v) is 3.95. The third-order valence-corrected chi connectivity index (χ3v) is 2.68. The standard InChI is InChI=1S/C11H16N2O/c1-12-6-5-10-7-9(8-13(2)14)3-4-11(10)12/h3-4,7,14H,5-6,8H2,1-2H3. The molecule has 0 aliphatic carbocycles. The number of hydrogen-bond donors (Lipinski definition) is 1. The quantitative estimate of drug-likeness (QED) is 0.719. The Kier molecular flexibility index (Phi) is 2.44. The van der Waals surface area contributed by atoms with Gasteiger partial charge in [-0.15, -0.1) is 0 Å². The molecule has 3 heteroatoms. The van der Waals surface area contributed by atoms with E-state index in [0.29, 0.717) is 6.54 Å². The number of nitrogens with zero attached hydrogens (tertiary/aromatic N) is 2. The molecule has 1 aliphatic rings. The van der Waals surface area contributed by atoms with Crippen molar-refractivity contribution >= 4 is 5.69 Å². The van der Waals surface area contributed by atoms with Gasteiger partial charge in [0.1, 0.15) is 0 Å². The first-order valence-corrected chi connectivity index (χ1v) is 4.90. The Morgan fingerprint density at radius 1 is 1.50 bits per heavy atom. The van der Waals surface area contributed by atoms with E-state index in [0.717, 1.165) is 13.0 Å². The Morgan fingerprint density at radius 3 is 3.00 bits per heavy atom. The van der Waals surface area contributed by atoms with Crippen LogP contribution < -0.4 is 4.90 Å². The molecular weight excluding hydrogens is 176 g/mol. The van der Waals surface area contributed by atoms with Gasteiger partial charge in [0.15, 0.2) is 0 Å². The van der Waals surface area contributed by atoms with Crippen molar-refractivity contribution in [1.29, 1.82) is 0 Å². The Balaban J connectivity index is 2.24. The number of hydrogen-bond acceptors (Lipinski definition) is 3. The number of fused-ring (bicyclic) bond motifs is 1. The van der Waals surface area contributed by atoms with Gasteiger partial charge in [0.05, 0.1) is 0 Å². The van der Waals surface area contributed by atoms with Gasteiger partial charge in [-0.1, -0.05) is 12.1 Å². The molecule has 0 unspecified atom stereocenters. The highest BCUT2D eigenvalue weighted by Gasteiger charge is 2.15. The van der Waals surface area contributed by atoms with Gasteiger partial charge in [-0.3, -0.25) is 0 Å². The molecule has 0 saturated heterocycles. The molecule has 14 heavy (non-hydrogen) atoms. The highest BCUT2D eigenvalue weighted by atomic mass is 16.5. The van der Waals surface area contributed by atoms with Gasteiger partial charge in [0.2, 0.25) is 0 Å². The van der Waals surface area contributed by atoms with E-state index >= 15 is 0 Å². The number of hydroxylamine groups is 2. The highest BCUT2D eigenvalue weighted by Crippen LogP contribution is 2.27. The molecule has 0 amide bonds. The zero-order valence-electron chi connectivity index (χ0n) is 8.70. The largest absolute Gasteiger partial charge is 0.374 e. The zero-order chi connectivity index (χ0) is 10.1. The van der Waals surface area contributed by atoms with Crippen molar-refractivity contribution < 1.29 is 5.21 Å². The Morgan fingerprint density at radius 2 is 2.29 bits per heavy atom. The minimum Gasteiger partial charge on any atom is -0.374 e. The summed E-state index contributed by atoms with van der Waals surface area (Å²) in [5.74, 6) is 0. The van der Waals surface area contributed by atoms with Gasteiger partial charge in [0.25, 0.3) is 0 Å². The van der Waals surface area contributed by atoms with Crippen molar-refractivity contribution in [1.82, 2.24) is 5.06 Å². The van der Waals surface area contributed by atoms with E-state index in [9.17, 15) is 0 Å². The van der Waals surface area contributed by atoms with Crippen LogP contribution >= 0.6 is 0 Å². The lowest BCUT2D eigenvalue weighted by atomic mass is 10.1. The van der Waals surface area contributed by atoms with E-state index in [2.05, 4.69) is 30.1 Å². The summed E-state index contributed by atoms with van der Waals surface area (Å²) in [6.07, 6.45) is 1.12. The number of benzene rings is 1. The van der Waals surface area contributed by atoms with Crippen LogP contribution in [0.3, 0.4) is 0 Å². The molecule has 0 aromatic heterocycles. The molecule has 3 nitrogen and oxygen atoms in total. The van der Waals surface area contributed by atoms with Gasteiger partial charge >= 0.3 is 0 Å². The predicted molar refractivity (Wildman–Crippen MR) is 56.7 cm³/mol. The number of anilines is 1. The van der Waals surface area contributed by atoms with Crippen LogP contribution in [0.4, 0.5) is 5.69 Å². The summed E-state index contributed by atoms with van der Waals surface area (Å²) >= 11 is 0. The molecule has 0 spiro atoms. The molecule has 0 atom stereocenters. The van der Waals surface area contributed by atoms with Crippen LogP contribution in [0.1, 0.15) is 11.1 Å². The maximum atomic E-state index is 9.13. The predicted octanol–water partition coefficient (Wildman–Crippen LogP) is 1.50. The molecule has 1 aromatic carbocycles. The fourth-order valence-electron chi connectivity index (χ4n) is 1.98. The van der Waals surface area contributed by atoms with E-state index in [-0.39, 0.29) is 0 Å². The molecule has 0 fully saturated rings. The minimum absolute atomic E-state index is 0.594. The third-order valence-electron chi connectivity index (χ3n) is 2.68. The Bertz CT molecular complexity index is 336. The van der Waals surface area contributed by atoms with Crippen molar-refractivity contribution in [2.75, 3.05) is 25.5 Å². The van der Waals surface area contributed by atoms with Crippen molar-refractivity contribution in [2.45, 2.75) is 13.0 Å². The maximum absolute atomic E-state index is 9.13. The molecule has 0 bridgehead atoms. The summed E-state index contributed by atoms with van der Waals surface area (Å²) < 4.78 is 0. The summed E-state index contributed by atoms with van der Waals surface area (Å²) in [4.78, 5) is 2.27. The Labute approximate surface area is 84.5 Å². The van der Waals surface area contributed by atoms with Gasteiger partial charge in [-0.2, -0.15) is 5.06 Å². The van der Waals surface area contributed by atoms with Crippen molar-refractivity contribution in [3.63, 3.8) is 0 Å². The van der Waals surface area contributed by atoms with Gasteiger partial charge in [-0.25, -0.2) is 0 Å². The molecule has 1 aromatic rings. The van der Waals surface area contributed by atoms with Crippen LogP contribution in [-0.4, -0.2) is 30.9 Å². The topological polar surface area (TPSA) is 26.7 Å². The summed E-state index contributed by atoms with van der Waals surface area (Å²) in [7, 11) is 3.78. The third kappa shape index (κ3) is 1.74. The van der Waals surface area contributed by atoms with Gasteiger partial charge in [-0.05, 0) is 23.6 Å². The average Bonchev–Trinajstić information content (AvgIpc) is 2.46. The average molecular weight is 192 g/mol. The molecule has 2 rings (SSSR count). The smallest absolute Gasteiger partial charge is 0.0485 e. The van der Waals surface area contributed by atoms with Crippen LogP contribution in [-0.2, 0) is 13.0 Å². The van der Waals surface area contributed by atoms with Gasteiger partial charge in [0, 0.05) is 32.9 Å². The summed E-state index contributed by atoms with van der Waals surface area (Å²) in [6, 6.07) is 6.40. The molecule has 1 heterocycles. The lowest BCUT2D eigenvalue weighted by molar-refractivity contribution is -0.0731. The maximum Gasteiger partial charge on any atom is 0.0485 e. The molecule has 76 valence electrons. The minimum atomic E-state index is 0.594. The molecule has 1 aliphatic heterocycles. The van der Waals surface area contributed by atoms with Gasteiger partial charge < -0.3 is 10.1 Å². The second-order valence-electron chi connectivity index (χ2n) is 3.95. The van der Waals surface area contributed by atoms with Crippen molar-refractivity contribution in [2.24, 2.45) is 0 Å². The van der Waals surface area contributed by atoms with E-state index in [1.54, 1.807) is 7.05 Å². The number of likely N-dealkylation sites (N-methyl/N-ethyl adjacent to an activating group) is 1. The second kappa shape index (κ2) is 3.59.